The Bertz CT molecular complexity index is 4320. The number of thiophene rings is 1. The van der Waals surface area contributed by atoms with Crippen LogP contribution in [-0.4, -0.2) is 19.5 Å². The second kappa shape index (κ2) is 17.7. The van der Waals surface area contributed by atoms with Gasteiger partial charge < -0.3 is 8.98 Å². The number of para-hydroxylation sites is 2. The van der Waals surface area contributed by atoms with Crippen molar-refractivity contribution in [2.75, 3.05) is 0 Å². The van der Waals surface area contributed by atoms with E-state index in [0.717, 1.165) is 72.9 Å². The highest BCUT2D eigenvalue weighted by molar-refractivity contribution is 7.25. The van der Waals surface area contributed by atoms with Crippen molar-refractivity contribution >= 4 is 97.2 Å². The normalized spacial score (nSPS) is 12.8. The van der Waals surface area contributed by atoms with E-state index in [-0.39, 0.29) is 0 Å². The zero-order valence-corrected chi connectivity index (χ0v) is 40.1. The molecule has 0 amide bonds. The Balaban J connectivity index is 0.00000160. The molecule has 1 aliphatic carbocycles. The van der Waals surface area contributed by atoms with Gasteiger partial charge in [-0.1, -0.05) is 184 Å². The van der Waals surface area contributed by atoms with E-state index >= 15 is 0 Å². The lowest BCUT2D eigenvalue weighted by molar-refractivity contribution is 0.669. The van der Waals surface area contributed by atoms with E-state index in [1.54, 1.807) is 0 Å². The van der Waals surface area contributed by atoms with Gasteiger partial charge >= 0.3 is 0 Å². The van der Waals surface area contributed by atoms with E-state index < -0.39 is 0 Å². The third-order valence-electron chi connectivity index (χ3n) is 13.4. The molecule has 0 aliphatic heterocycles. The first kappa shape index (κ1) is 42.4. The first-order chi connectivity index (χ1) is 35.1. The SMILES string of the molecule is C1=CC(c2cccc3c4c5ccccc5ccc4n(-c4cccc(-c5nc(-c6ccccc6)nc(-c6ccc7c(c6)oc6ccccc67)n5)c4)c23)=CC(c2ccc3c(c2)sc2ccccc23)=CC1.CCC. The summed E-state index contributed by atoms with van der Waals surface area (Å²) < 4.78 is 11.4. The number of nitrogens with zero attached hydrogens (tertiary/aromatic N) is 4. The average Bonchev–Trinajstić information content (AvgIpc) is 4.03. The van der Waals surface area contributed by atoms with Crippen LogP contribution in [-0.2, 0) is 0 Å². The van der Waals surface area contributed by atoms with Crippen LogP contribution >= 0.6 is 11.3 Å². The van der Waals surface area contributed by atoms with Crippen LogP contribution in [0.3, 0.4) is 0 Å². The lowest BCUT2D eigenvalue weighted by Gasteiger charge is -2.14. The molecular weight excluding hydrogens is 885 g/mol. The highest BCUT2D eigenvalue weighted by Crippen LogP contribution is 2.43. The standard InChI is InChI=1S/C62H38N4OS.C3H8/c1-2-15-39(16-3-1)60-63-61(65-62(64-60)44-29-31-49-48-22-8-10-26-54(48)67-55(49)36-44)43-19-12-20-45(35-43)66-53-33-30-38-14-6-7-21-46(38)58(53)52-25-13-24-47(59(52)66)42-18-5-4-17-40(34-42)41-28-32-51-50-23-9-11-27-56(50)68-57(51)37-41;1-3-2/h1-3,5-37H,4H2;3H2,1-2H3. The fourth-order valence-electron chi connectivity index (χ4n) is 10.3. The number of benzene rings is 9. The molecule has 0 spiro atoms. The van der Waals surface area contributed by atoms with Crippen LogP contribution in [0.5, 0.6) is 0 Å². The third-order valence-corrected chi connectivity index (χ3v) is 14.6. The Labute approximate surface area is 415 Å². The van der Waals surface area contributed by atoms with Crippen molar-refractivity contribution in [1.82, 2.24) is 19.5 Å². The van der Waals surface area contributed by atoms with E-state index in [1.807, 2.05) is 65.9 Å². The number of furan rings is 1. The van der Waals surface area contributed by atoms with Crippen LogP contribution in [0.1, 0.15) is 37.8 Å². The molecule has 13 aromatic rings. The summed E-state index contributed by atoms with van der Waals surface area (Å²) in [6.07, 6.45) is 11.4. The molecule has 6 heteroatoms. The first-order valence-electron chi connectivity index (χ1n) is 24.4. The zero-order chi connectivity index (χ0) is 47.4. The molecule has 4 heterocycles. The Hall–Kier alpha value is -8.71. The molecule has 0 saturated heterocycles. The van der Waals surface area contributed by atoms with Gasteiger partial charge in [-0.15, -0.1) is 11.3 Å². The van der Waals surface area contributed by atoms with E-state index in [2.05, 4.69) is 182 Å². The fraction of sp³-hybridized carbons (Fsp3) is 0.0615. The molecule has 0 atom stereocenters. The summed E-state index contributed by atoms with van der Waals surface area (Å²) in [5, 5.41) is 9.63. The number of fused-ring (bicyclic) bond motifs is 11. The predicted molar refractivity (Wildman–Crippen MR) is 300 cm³/mol. The highest BCUT2D eigenvalue weighted by atomic mass is 32.1. The topological polar surface area (TPSA) is 56.7 Å². The van der Waals surface area contributed by atoms with Gasteiger partial charge in [0.15, 0.2) is 17.5 Å². The van der Waals surface area contributed by atoms with Crippen molar-refractivity contribution in [3.05, 3.63) is 230 Å². The largest absolute Gasteiger partial charge is 0.456 e. The average molecular weight is 931 g/mol. The number of aromatic nitrogens is 4. The minimum absolute atomic E-state index is 0.578. The number of hydrogen-bond donors (Lipinski definition) is 0. The predicted octanol–water partition coefficient (Wildman–Crippen LogP) is 18.2. The number of hydrogen-bond acceptors (Lipinski definition) is 5. The summed E-state index contributed by atoms with van der Waals surface area (Å²) in [4.78, 5) is 15.5. The maximum Gasteiger partial charge on any atom is 0.164 e. The quantitative estimate of drug-likeness (QED) is 0.167. The summed E-state index contributed by atoms with van der Waals surface area (Å²) in [6, 6.07) is 68.8. The second-order valence-electron chi connectivity index (χ2n) is 18.2. The number of allylic oxidation sites excluding steroid dienone is 6. The molecule has 14 rings (SSSR count). The van der Waals surface area contributed by atoms with E-state index in [0.29, 0.717) is 17.5 Å². The summed E-state index contributed by atoms with van der Waals surface area (Å²) in [6.45, 7) is 4.25. The third kappa shape index (κ3) is 7.43. The maximum atomic E-state index is 6.33. The summed E-state index contributed by atoms with van der Waals surface area (Å²) >= 11 is 1.86. The Morgan fingerprint density at radius 3 is 2.00 bits per heavy atom. The van der Waals surface area contributed by atoms with E-state index in [9.17, 15) is 0 Å². The lowest BCUT2D eigenvalue weighted by Crippen LogP contribution is -2.01. The Morgan fingerprint density at radius 2 is 1.14 bits per heavy atom. The van der Waals surface area contributed by atoms with Crippen LogP contribution in [0.25, 0.3) is 126 Å². The molecule has 71 heavy (non-hydrogen) atoms. The molecule has 9 aromatic carbocycles. The highest BCUT2D eigenvalue weighted by Gasteiger charge is 2.21. The summed E-state index contributed by atoms with van der Waals surface area (Å²) in [5.74, 6) is 1.77. The minimum atomic E-state index is 0.578. The maximum absolute atomic E-state index is 6.33. The van der Waals surface area contributed by atoms with Crippen molar-refractivity contribution in [3.63, 3.8) is 0 Å². The Morgan fingerprint density at radius 1 is 0.493 bits per heavy atom. The van der Waals surface area contributed by atoms with Crippen LogP contribution in [0.4, 0.5) is 0 Å². The summed E-state index contributed by atoms with van der Waals surface area (Å²) in [7, 11) is 0. The van der Waals surface area contributed by atoms with Gasteiger partial charge in [0.25, 0.3) is 0 Å². The second-order valence-corrected chi connectivity index (χ2v) is 19.2. The van der Waals surface area contributed by atoms with Crippen LogP contribution in [0, 0.1) is 0 Å². The van der Waals surface area contributed by atoms with Crippen molar-refractivity contribution in [1.29, 1.82) is 0 Å². The van der Waals surface area contributed by atoms with Gasteiger partial charge in [-0.3, -0.25) is 0 Å². The smallest absolute Gasteiger partial charge is 0.164 e. The van der Waals surface area contributed by atoms with Gasteiger partial charge in [0.1, 0.15) is 11.2 Å². The molecule has 338 valence electrons. The van der Waals surface area contributed by atoms with Crippen LogP contribution < -0.4 is 0 Å². The molecule has 5 nitrogen and oxygen atoms in total. The molecule has 0 fully saturated rings. The van der Waals surface area contributed by atoms with Gasteiger partial charge in [0, 0.05) is 69.7 Å². The van der Waals surface area contributed by atoms with Crippen molar-refractivity contribution < 1.29 is 4.42 Å². The van der Waals surface area contributed by atoms with Crippen LogP contribution in [0.15, 0.2) is 223 Å². The van der Waals surface area contributed by atoms with Crippen molar-refractivity contribution in [2.24, 2.45) is 0 Å². The Kier molecular flexibility index (Phi) is 10.6. The van der Waals surface area contributed by atoms with E-state index in [1.165, 1.54) is 59.3 Å². The van der Waals surface area contributed by atoms with E-state index in [4.69, 9.17) is 19.4 Å². The van der Waals surface area contributed by atoms with Crippen molar-refractivity contribution in [2.45, 2.75) is 26.7 Å². The fourth-order valence-corrected chi connectivity index (χ4v) is 11.4. The molecule has 4 aromatic heterocycles. The van der Waals surface area contributed by atoms with Gasteiger partial charge in [-0.25, -0.2) is 15.0 Å². The number of rotatable bonds is 6. The lowest BCUT2D eigenvalue weighted by atomic mass is 9.96. The molecule has 0 bridgehead atoms. The van der Waals surface area contributed by atoms with Gasteiger partial charge in [0.2, 0.25) is 0 Å². The van der Waals surface area contributed by atoms with Gasteiger partial charge in [-0.05, 0) is 88.5 Å². The molecule has 0 saturated carbocycles. The molecule has 0 radical (unpaired) electrons. The molecule has 0 unspecified atom stereocenters. The molecular formula is C65H46N4OS. The first-order valence-corrected chi connectivity index (χ1v) is 25.2. The minimum Gasteiger partial charge on any atom is -0.456 e. The molecule has 1 aliphatic rings. The summed E-state index contributed by atoms with van der Waals surface area (Å²) in [5.41, 5.74) is 12.4. The zero-order valence-electron chi connectivity index (χ0n) is 39.3. The monoisotopic (exact) mass is 930 g/mol. The van der Waals surface area contributed by atoms with Gasteiger partial charge in [0.05, 0.1) is 11.0 Å². The van der Waals surface area contributed by atoms with Gasteiger partial charge in [-0.2, -0.15) is 0 Å². The van der Waals surface area contributed by atoms with Crippen LogP contribution in [0.2, 0.25) is 0 Å². The van der Waals surface area contributed by atoms with Crippen molar-refractivity contribution in [3.8, 4) is 39.9 Å². The molecule has 0 N–H and O–H groups in total.